The number of hydrogen-bond donors (Lipinski definition) is 3. The zero-order valence-corrected chi connectivity index (χ0v) is 17.9. The minimum absolute atomic E-state index is 0.0982. The summed E-state index contributed by atoms with van der Waals surface area (Å²) in [5.41, 5.74) is 2.95. The molecular weight excluding hydrogens is 414 g/mol. The highest BCUT2D eigenvalue weighted by Crippen LogP contribution is 2.22. The maximum absolute atomic E-state index is 12.1. The van der Waals surface area contributed by atoms with Crippen molar-refractivity contribution in [3.63, 3.8) is 0 Å². The molecule has 160 valence electrons. The first-order chi connectivity index (χ1) is 15.0. The number of nitrogens with one attached hydrogen (secondary N) is 3. The van der Waals surface area contributed by atoms with Gasteiger partial charge in [0.05, 0.1) is 6.61 Å². The zero-order valence-electron chi connectivity index (χ0n) is 17.2. The average Bonchev–Trinajstić information content (AvgIpc) is 2.74. The summed E-state index contributed by atoms with van der Waals surface area (Å²) in [6, 6.07) is 21.2. The Hall–Kier alpha value is -3.51. The van der Waals surface area contributed by atoms with Gasteiger partial charge in [-0.3, -0.25) is 4.79 Å². The topological polar surface area (TPSA) is 79.5 Å². The van der Waals surface area contributed by atoms with Crippen LogP contribution in [0.1, 0.15) is 18.4 Å². The Labute approximate surface area is 186 Å². The number of ether oxygens (including phenoxy) is 1. The van der Waals surface area contributed by atoms with Gasteiger partial charge in [-0.05, 0) is 73.5 Å². The fraction of sp³-hybridized carbons (Fsp3) is 0.167. The molecule has 0 heterocycles. The van der Waals surface area contributed by atoms with Crippen molar-refractivity contribution < 1.29 is 14.3 Å². The molecule has 3 N–H and O–H groups in total. The van der Waals surface area contributed by atoms with Crippen molar-refractivity contribution >= 4 is 40.6 Å². The van der Waals surface area contributed by atoms with Crippen molar-refractivity contribution in [3.05, 3.63) is 83.4 Å². The molecule has 6 nitrogen and oxygen atoms in total. The van der Waals surface area contributed by atoms with Gasteiger partial charge in [0.25, 0.3) is 0 Å². The lowest BCUT2D eigenvalue weighted by atomic mass is 10.2. The predicted molar refractivity (Wildman–Crippen MR) is 125 cm³/mol. The molecule has 0 radical (unpaired) electrons. The van der Waals surface area contributed by atoms with Crippen LogP contribution in [0.15, 0.2) is 72.8 Å². The summed E-state index contributed by atoms with van der Waals surface area (Å²) < 4.78 is 5.70. The van der Waals surface area contributed by atoms with Gasteiger partial charge >= 0.3 is 6.03 Å². The summed E-state index contributed by atoms with van der Waals surface area (Å²) in [5, 5.41) is 9.00. The molecule has 0 aliphatic rings. The number of benzene rings is 3. The number of rotatable bonds is 8. The second-order valence-corrected chi connectivity index (χ2v) is 7.37. The number of amides is 3. The van der Waals surface area contributed by atoms with Crippen LogP contribution in [0.25, 0.3) is 0 Å². The van der Waals surface area contributed by atoms with Gasteiger partial charge in [0.15, 0.2) is 0 Å². The first-order valence-corrected chi connectivity index (χ1v) is 10.3. The van der Waals surface area contributed by atoms with Crippen LogP contribution < -0.4 is 20.7 Å². The molecule has 7 heteroatoms. The summed E-state index contributed by atoms with van der Waals surface area (Å²) in [6.45, 7) is 2.37. The van der Waals surface area contributed by atoms with Gasteiger partial charge in [-0.25, -0.2) is 4.79 Å². The second kappa shape index (κ2) is 11.0. The van der Waals surface area contributed by atoms with Gasteiger partial charge in [-0.2, -0.15) is 0 Å². The van der Waals surface area contributed by atoms with E-state index >= 15 is 0 Å². The van der Waals surface area contributed by atoms with E-state index in [1.807, 2.05) is 37.3 Å². The van der Waals surface area contributed by atoms with E-state index in [4.69, 9.17) is 16.3 Å². The van der Waals surface area contributed by atoms with E-state index in [0.717, 1.165) is 11.3 Å². The van der Waals surface area contributed by atoms with E-state index in [-0.39, 0.29) is 11.9 Å². The van der Waals surface area contributed by atoms with Crippen LogP contribution in [0.3, 0.4) is 0 Å². The highest BCUT2D eigenvalue weighted by atomic mass is 35.5. The van der Waals surface area contributed by atoms with Crippen LogP contribution in [0.4, 0.5) is 21.9 Å². The molecule has 0 fully saturated rings. The van der Waals surface area contributed by atoms with Crippen molar-refractivity contribution in [2.75, 3.05) is 22.6 Å². The molecule has 3 rings (SSSR count). The molecule has 0 saturated carbocycles. The summed E-state index contributed by atoms with van der Waals surface area (Å²) in [4.78, 5) is 24.2. The summed E-state index contributed by atoms with van der Waals surface area (Å²) in [6.07, 6.45) is 0.930. The van der Waals surface area contributed by atoms with Crippen LogP contribution in [0, 0.1) is 6.92 Å². The van der Waals surface area contributed by atoms with E-state index in [1.54, 1.807) is 42.5 Å². The van der Waals surface area contributed by atoms with E-state index in [0.29, 0.717) is 41.5 Å². The molecular formula is C24H24ClN3O3. The Morgan fingerprint density at radius 1 is 0.839 bits per heavy atom. The zero-order chi connectivity index (χ0) is 22.1. The first kappa shape index (κ1) is 22.2. The van der Waals surface area contributed by atoms with Crippen LogP contribution >= 0.6 is 11.6 Å². The Bertz CT molecular complexity index is 1020. The molecule has 0 atom stereocenters. The lowest BCUT2D eigenvalue weighted by molar-refractivity contribution is -0.116. The van der Waals surface area contributed by atoms with Crippen LogP contribution in [-0.4, -0.2) is 18.5 Å². The van der Waals surface area contributed by atoms with E-state index in [2.05, 4.69) is 16.0 Å². The van der Waals surface area contributed by atoms with Crippen LogP contribution in [0.2, 0.25) is 5.02 Å². The lowest BCUT2D eigenvalue weighted by Crippen LogP contribution is -2.19. The third kappa shape index (κ3) is 7.35. The minimum atomic E-state index is -0.334. The van der Waals surface area contributed by atoms with Gasteiger partial charge in [-0.15, -0.1) is 0 Å². The van der Waals surface area contributed by atoms with Crippen LogP contribution in [0.5, 0.6) is 5.75 Å². The third-order valence-corrected chi connectivity index (χ3v) is 4.64. The van der Waals surface area contributed by atoms with Gasteiger partial charge < -0.3 is 20.7 Å². The molecule has 3 aromatic rings. The summed E-state index contributed by atoms with van der Waals surface area (Å²) in [7, 11) is 0. The minimum Gasteiger partial charge on any atom is -0.493 e. The Balaban J connectivity index is 1.38. The van der Waals surface area contributed by atoms with Gasteiger partial charge in [-0.1, -0.05) is 29.8 Å². The smallest absolute Gasteiger partial charge is 0.323 e. The van der Waals surface area contributed by atoms with Crippen molar-refractivity contribution in [1.82, 2.24) is 0 Å². The number of halogens is 1. The van der Waals surface area contributed by atoms with E-state index < -0.39 is 0 Å². The highest BCUT2D eigenvalue weighted by molar-refractivity contribution is 6.30. The number of carbonyl (C=O) groups is 2. The number of hydrogen-bond acceptors (Lipinski definition) is 3. The number of para-hydroxylation sites is 1. The fourth-order valence-electron chi connectivity index (χ4n) is 2.86. The number of aryl methyl sites for hydroxylation is 1. The molecule has 0 bridgehead atoms. The van der Waals surface area contributed by atoms with Crippen molar-refractivity contribution in [2.45, 2.75) is 19.8 Å². The Morgan fingerprint density at radius 2 is 1.45 bits per heavy atom. The normalized spacial score (nSPS) is 10.3. The molecule has 0 spiro atoms. The van der Waals surface area contributed by atoms with Gasteiger partial charge in [0.1, 0.15) is 5.75 Å². The average molecular weight is 438 g/mol. The summed E-state index contributed by atoms with van der Waals surface area (Å²) in [5.74, 6) is 0.670. The first-order valence-electron chi connectivity index (χ1n) is 9.91. The van der Waals surface area contributed by atoms with Gasteiger partial charge in [0.2, 0.25) is 5.91 Å². The summed E-state index contributed by atoms with van der Waals surface area (Å²) >= 11 is 5.93. The monoisotopic (exact) mass is 437 g/mol. The highest BCUT2D eigenvalue weighted by Gasteiger charge is 2.06. The predicted octanol–water partition coefficient (Wildman–Crippen LogP) is 6.09. The molecule has 0 unspecified atom stereocenters. The van der Waals surface area contributed by atoms with E-state index in [9.17, 15) is 9.59 Å². The van der Waals surface area contributed by atoms with E-state index in [1.165, 1.54) is 0 Å². The third-order valence-electron chi connectivity index (χ3n) is 4.40. The second-order valence-electron chi connectivity index (χ2n) is 6.93. The maximum Gasteiger partial charge on any atom is 0.323 e. The standard InChI is InChI=1S/C24H24ClN3O3/c1-17-16-18(25)9-14-22(17)31-15-5-8-23(29)26-20-10-12-21(13-11-20)28-24(30)27-19-6-3-2-4-7-19/h2-4,6-7,9-14,16H,5,8,15H2,1H3,(H,26,29)(H2,27,28,30). The molecule has 3 amide bonds. The number of anilines is 3. The SMILES string of the molecule is Cc1cc(Cl)ccc1OCCCC(=O)Nc1ccc(NC(=O)Nc2ccccc2)cc1. The maximum atomic E-state index is 12.1. The van der Waals surface area contributed by atoms with Crippen molar-refractivity contribution in [2.24, 2.45) is 0 Å². The molecule has 0 aliphatic heterocycles. The number of urea groups is 1. The lowest BCUT2D eigenvalue weighted by Gasteiger charge is -2.10. The number of carbonyl (C=O) groups excluding carboxylic acids is 2. The largest absolute Gasteiger partial charge is 0.493 e. The molecule has 3 aromatic carbocycles. The van der Waals surface area contributed by atoms with Gasteiger partial charge in [0, 0.05) is 28.5 Å². The van der Waals surface area contributed by atoms with Crippen LogP contribution in [-0.2, 0) is 4.79 Å². The Kier molecular flexibility index (Phi) is 7.90. The Morgan fingerprint density at radius 3 is 2.10 bits per heavy atom. The molecule has 31 heavy (non-hydrogen) atoms. The van der Waals surface area contributed by atoms with Crippen molar-refractivity contribution in [3.8, 4) is 5.75 Å². The fourth-order valence-corrected chi connectivity index (χ4v) is 3.09. The van der Waals surface area contributed by atoms with Crippen molar-refractivity contribution in [1.29, 1.82) is 0 Å². The molecule has 0 aromatic heterocycles. The quantitative estimate of drug-likeness (QED) is 0.373. The molecule has 0 aliphatic carbocycles. The molecule has 0 saturated heterocycles.